The van der Waals surface area contributed by atoms with Crippen molar-refractivity contribution < 1.29 is 5.11 Å². The Labute approximate surface area is 116 Å². The van der Waals surface area contributed by atoms with Crippen LogP contribution in [0.3, 0.4) is 0 Å². The maximum absolute atomic E-state index is 9.89. The van der Waals surface area contributed by atoms with Gasteiger partial charge < -0.3 is 5.11 Å². The van der Waals surface area contributed by atoms with Crippen molar-refractivity contribution in [1.82, 2.24) is 4.90 Å². The van der Waals surface area contributed by atoms with Crippen LogP contribution in [0.4, 0.5) is 0 Å². The molecule has 0 aliphatic heterocycles. The minimum atomic E-state index is -0.202. The molecule has 3 nitrogen and oxygen atoms in total. The highest BCUT2D eigenvalue weighted by Crippen LogP contribution is 2.33. The Hall–Kier alpha value is -0.890. The van der Waals surface area contributed by atoms with E-state index >= 15 is 0 Å². The van der Waals surface area contributed by atoms with Crippen LogP contribution in [-0.2, 0) is 6.54 Å². The van der Waals surface area contributed by atoms with Crippen LogP contribution >= 0.6 is 15.9 Å². The lowest BCUT2D eigenvalue weighted by Gasteiger charge is -2.21. The van der Waals surface area contributed by atoms with Crippen LogP contribution in [0.1, 0.15) is 24.0 Å². The highest BCUT2D eigenvalue weighted by molar-refractivity contribution is 9.10. The van der Waals surface area contributed by atoms with Crippen LogP contribution in [0.5, 0.6) is 0 Å². The molecule has 0 spiro atoms. The SMILES string of the molecule is CN(Cc1ccc(C#N)cc1Br)CC(O)C1CC1. The fourth-order valence-corrected chi connectivity index (χ4v) is 2.55. The van der Waals surface area contributed by atoms with Gasteiger partial charge in [0.1, 0.15) is 0 Å². The van der Waals surface area contributed by atoms with Gasteiger partial charge >= 0.3 is 0 Å². The second kappa shape index (κ2) is 5.83. The Kier molecular flexibility index (Phi) is 4.39. The van der Waals surface area contributed by atoms with E-state index in [9.17, 15) is 5.11 Å². The van der Waals surface area contributed by atoms with Crippen molar-refractivity contribution in [2.75, 3.05) is 13.6 Å². The predicted octanol–water partition coefficient (Wildman–Crippen LogP) is 2.52. The average Bonchev–Trinajstić information content (AvgIpc) is 3.15. The van der Waals surface area contributed by atoms with Gasteiger partial charge in [-0.3, -0.25) is 4.90 Å². The van der Waals surface area contributed by atoms with Gasteiger partial charge in [0.25, 0.3) is 0 Å². The van der Waals surface area contributed by atoms with Crippen molar-refractivity contribution in [3.63, 3.8) is 0 Å². The number of aliphatic hydroxyl groups excluding tert-OH is 1. The summed E-state index contributed by atoms with van der Waals surface area (Å²) in [5.41, 5.74) is 1.80. The van der Waals surface area contributed by atoms with Gasteiger partial charge in [0.15, 0.2) is 0 Å². The molecule has 0 radical (unpaired) electrons. The van der Waals surface area contributed by atoms with Gasteiger partial charge in [-0.05, 0) is 43.5 Å². The molecule has 1 aliphatic rings. The summed E-state index contributed by atoms with van der Waals surface area (Å²) < 4.78 is 0.953. The minimum absolute atomic E-state index is 0.202. The third kappa shape index (κ3) is 3.55. The van der Waals surface area contributed by atoms with Gasteiger partial charge in [0.05, 0.1) is 17.7 Å². The smallest absolute Gasteiger partial charge is 0.0992 e. The van der Waals surface area contributed by atoms with Crippen LogP contribution in [0, 0.1) is 17.2 Å². The maximum atomic E-state index is 9.89. The van der Waals surface area contributed by atoms with E-state index in [-0.39, 0.29) is 6.10 Å². The second-order valence-corrected chi connectivity index (χ2v) is 5.87. The lowest BCUT2D eigenvalue weighted by molar-refractivity contribution is 0.104. The average molecular weight is 309 g/mol. The van der Waals surface area contributed by atoms with Gasteiger partial charge in [-0.25, -0.2) is 0 Å². The maximum Gasteiger partial charge on any atom is 0.0992 e. The highest BCUT2D eigenvalue weighted by Gasteiger charge is 2.30. The lowest BCUT2D eigenvalue weighted by atomic mass is 10.1. The summed E-state index contributed by atoms with van der Waals surface area (Å²) >= 11 is 3.48. The molecule has 0 heterocycles. The standard InChI is InChI=1S/C14H17BrN2O/c1-17(9-14(18)11-4-5-11)8-12-3-2-10(7-16)6-13(12)15/h2-3,6,11,14,18H,4-5,8-9H2,1H3. The van der Waals surface area contributed by atoms with Crippen molar-refractivity contribution in [2.45, 2.75) is 25.5 Å². The number of rotatable bonds is 5. The Morgan fingerprint density at radius 2 is 2.28 bits per heavy atom. The molecule has 96 valence electrons. The van der Waals surface area contributed by atoms with E-state index in [0.717, 1.165) is 29.4 Å². The largest absolute Gasteiger partial charge is 0.392 e. The molecule has 0 saturated heterocycles. The highest BCUT2D eigenvalue weighted by atomic mass is 79.9. The van der Waals surface area contributed by atoms with E-state index in [1.807, 2.05) is 25.2 Å². The van der Waals surface area contributed by atoms with Crippen molar-refractivity contribution in [3.05, 3.63) is 33.8 Å². The first-order chi connectivity index (χ1) is 8.60. The molecule has 1 fully saturated rings. The van der Waals surface area contributed by atoms with Crippen molar-refractivity contribution >= 4 is 15.9 Å². The molecule has 1 atom stereocenters. The normalized spacial score (nSPS) is 16.6. The van der Waals surface area contributed by atoms with Crippen molar-refractivity contribution in [3.8, 4) is 6.07 Å². The Bertz CT molecular complexity index is 465. The molecule has 1 N–H and O–H groups in total. The van der Waals surface area contributed by atoms with E-state index < -0.39 is 0 Å². The summed E-state index contributed by atoms with van der Waals surface area (Å²) in [6, 6.07) is 7.74. The molecular formula is C14H17BrN2O. The molecule has 1 aromatic carbocycles. The molecule has 0 aromatic heterocycles. The molecule has 1 aliphatic carbocycles. The fourth-order valence-electron chi connectivity index (χ4n) is 2.05. The number of likely N-dealkylation sites (N-methyl/N-ethyl adjacent to an activating group) is 1. The summed E-state index contributed by atoms with van der Waals surface area (Å²) in [4.78, 5) is 2.12. The van der Waals surface area contributed by atoms with Crippen LogP contribution < -0.4 is 0 Å². The number of nitrogens with zero attached hydrogens (tertiary/aromatic N) is 2. The fraction of sp³-hybridized carbons (Fsp3) is 0.500. The number of benzene rings is 1. The van der Waals surface area contributed by atoms with Gasteiger partial charge in [0, 0.05) is 17.6 Å². The van der Waals surface area contributed by atoms with Crippen LogP contribution in [0.2, 0.25) is 0 Å². The van der Waals surface area contributed by atoms with Gasteiger partial charge in [-0.15, -0.1) is 0 Å². The van der Waals surface area contributed by atoms with Gasteiger partial charge in [0.2, 0.25) is 0 Å². The number of hydrogen-bond acceptors (Lipinski definition) is 3. The molecule has 2 rings (SSSR count). The first-order valence-electron chi connectivity index (χ1n) is 6.15. The molecule has 0 amide bonds. The predicted molar refractivity (Wildman–Crippen MR) is 73.9 cm³/mol. The second-order valence-electron chi connectivity index (χ2n) is 5.02. The Morgan fingerprint density at radius 1 is 1.56 bits per heavy atom. The summed E-state index contributed by atoms with van der Waals surface area (Å²) in [6.07, 6.45) is 2.12. The number of nitriles is 1. The summed E-state index contributed by atoms with van der Waals surface area (Å²) in [5, 5.41) is 18.7. The van der Waals surface area contributed by atoms with Crippen molar-refractivity contribution in [1.29, 1.82) is 5.26 Å². The van der Waals surface area contributed by atoms with Crippen LogP contribution in [0.25, 0.3) is 0 Å². The number of aliphatic hydroxyl groups is 1. The molecule has 1 unspecified atom stereocenters. The van der Waals surface area contributed by atoms with E-state index in [4.69, 9.17) is 5.26 Å². The zero-order valence-electron chi connectivity index (χ0n) is 10.4. The summed E-state index contributed by atoms with van der Waals surface area (Å²) in [5.74, 6) is 0.511. The van der Waals surface area contributed by atoms with E-state index in [1.165, 1.54) is 0 Å². The van der Waals surface area contributed by atoms with Gasteiger partial charge in [-0.1, -0.05) is 22.0 Å². The lowest BCUT2D eigenvalue weighted by Crippen LogP contribution is -2.30. The molecule has 0 bridgehead atoms. The van der Waals surface area contributed by atoms with E-state index in [0.29, 0.717) is 18.0 Å². The third-order valence-electron chi connectivity index (χ3n) is 3.29. The summed E-state index contributed by atoms with van der Waals surface area (Å²) in [6.45, 7) is 1.48. The van der Waals surface area contributed by atoms with Gasteiger partial charge in [-0.2, -0.15) is 5.26 Å². The molecule has 4 heteroatoms. The monoisotopic (exact) mass is 308 g/mol. The van der Waals surface area contributed by atoms with E-state index in [2.05, 4.69) is 26.9 Å². The Balaban J connectivity index is 1.93. The van der Waals surface area contributed by atoms with Crippen LogP contribution in [-0.4, -0.2) is 29.7 Å². The molecule has 1 aromatic rings. The zero-order valence-corrected chi connectivity index (χ0v) is 12.0. The molecule has 1 saturated carbocycles. The number of hydrogen-bond donors (Lipinski definition) is 1. The first-order valence-corrected chi connectivity index (χ1v) is 6.94. The topological polar surface area (TPSA) is 47.3 Å². The third-order valence-corrected chi connectivity index (χ3v) is 4.03. The zero-order chi connectivity index (χ0) is 13.1. The minimum Gasteiger partial charge on any atom is -0.392 e. The van der Waals surface area contributed by atoms with Crippen molar-refractivity contribution in [2.24, 2.45) is 5.92 Å². The number of halogens is 1. The first kappa shape index (κ1) is 13.5. The quantitative estimate of drug-likeness (QED) is 0.909. The molecular weight excluding hydrogens is 292 g/mol. The van der Waals surface area contributed by atoms with E-state index in [1.54, 1.807) is 0 Å². The van der Waals surface area contributed by atoms with Crippen LogP contribution in [0.15, 0.2) is 22.7 Å². The Morgan fingerprint density at radius 3 is 2.83 bits per heavy atom. The summed E-state index contributed by atoms with van der Waals surface area (Å²) in [7, 11) is 2.01. The molecule has 18 heavy (non-hydrogen) atoms.